The molecule has 6 rings (SSSR count). The normalized spacial score (nSPS) is 12.1. The van der Waals surface area contributed by atoms with Crippen LogP contribution in [0.1, 0.15) is 11.4 Å². The number of hydrogen-bond acceptors (Lipinski definition) is 5. The first kappa shape index (κ1) is 24.1. The van der Waals surface area contributed by atoms with Crippen LogP contribution in [0, 0.1) is 12.7 Å². The van der Waals surface area contributed by atoms with Gasteiger partial charge in [-0.1, -0.05) is 11.7 Å². The minimum Gasteiger partial charge on any atom is -0.338 e. The minimum atomic E-state index is -1.42. The summed E-state index contributed by atoms with van der Waals surface area (Å²) in [5, 5.41) is 9.29. The number of pyridine rings is 2. The zero-order valence-corrected chi connectivity index (χ0v) is 22.2. The highest BCUT2D eigenvalue weighted by molar-refractivity contribution is 8.25. The van der Waals surface area contributed by atoms with Crippen molar-refractivity contribution in [3.63, 3.8) is 0 Å². The molecule has 8 nitrogen and oxygen atoms in total. The fourth-order valence-electron chi connectivity index (χ4n) is 4.59. The molecule has 0 aliphatic heterocycles. The van der Waals surface area contributed by atoms with Gasteiger partial charge >= 0.3 is 0 Å². The number of nitrogens with zero attached hydrogens (tertiary/aromatic N) is 5. The van der Waals surface area contributed by atoms with E-state index in [1.165, 1.54) is 6.07 Å². The number of aryl methyl sites for hydroxylation is 1. The number of halogens is 1. The van der Waals surface area contributed by atoms with Gasteiger partial charge in [-0.05, 0) is 66.3 Å². The molecule has 3 N–H and O–H groups in total. The van der Waals surface area contributed by atoms with Crippen LogP contribution in [-0.2, 0) is 13.6 Å². The Morgan fingerprint density at radius 1 is 1.03 bits per heavy atom. The molecule has 6 aromatic rings. The van der Waals surface area contributed by atoms with Crippen molar-refractivity contribution in [2.24, 2.45) is 7.05 Å². The average molecular weight is 527 g/mol. The Morgan fingerprint density at radius 2 is 1.87 bits per heavy atom. The maximum atomic E-state index is 14.6. The van der Waals surface area contributed by atoms with Crippen LogP contribution in [0.15, 0.2) is 55.0 Å². The topological polar surface area (TPSA) is 100 Å². The van der Waals surface area contributed by atoms with Crippen LogP contribution in [0.4, 0.5) is 4.39 Å². The summed E-state index contributed by atoms with van der Waals surface area (Å²) < 4.78 is 20.0. The first-order chi connectivity index (χ1) is 18.2. The number of rotatable bonds is 6. The zero-order chi connectivity index (χ0) is 26.6. The van der Waals surface area contributed by atoms with Crippen molar-refractivity contribution in [2.75, 3.05) is 6.26 Å². The third-order valence-electron chi connectivity index (χ3n) is 6.62. The van der Waals surface area contributed by atoms with Crippen LogP contribution in [-0.4, -0.2) is 52.7 Å². The lowest BCUT2D eigenvalue weighted by atomic mass is 10.0. The van der Waals surface area contributed by atoms with Gasteiger partial charge in [0.05, 0.1) is 23.3 Å². The van der Waals surface area contributed by atoms with E-state index in [0.717, 1.165) is 55.9 Å². The highest BCUT2D eigenvalue weighted by Crippen LogP contribution is 2.34. The van der Waals surface area contributed by atoms with E-state index < -0.39 is 9.39 Å². The Kier molecular flexibility index (Phi) is 5.66. The first-order valence-electron chi connectivity index (χ1n) is 12.0. The van der Waals surface area contributed by atoms with Crippen LogP contribution in [0.2, 0.25) is 0 Å². The van der Waals surface area contributed by atoms with Crippen LogP contribution in [0.25, 0.3) is 55.8 Å². The molecular formula is C28H27FN8S. The van der Waals surface area contributed by atoms with Crippen LogP contribution >= 0.6 is 9.39 Å². The fraction of sp³-hybridized carbons (Fsp3) is 0.143. The summed E-state index contributed by atoms with van der Waals surface area (Å²) in [6, 6.07) is 11.0. The Balaban J connectivity index is 1.44. The lowest BCUT2D eigenvalue weighted by Gasteiger charge is -2.12. The van der Waals surface area contributed by atoms with Gasteiger partial charge in [0.25, 0.3) is 0 Å². The zero-order valence-electron chi connectivity index (χ0n) is 21.3. The van der Waals surface area contributed by atoms with Crippen molar-refractivity contribution >= 4 is 43.2 Å². The molecule has 0 fully saturated rings. The molecule has 0 atom stereocenters. The smallest absolute Gasteiger partial charge is 0.181 e. The summed E-state index contributed by atoms with van der Waals surface area (Å²) in [4.78, 5) is 16.9. The van der Waals surface area contributed by atoms with E-state index in [-0.39, 0.29) is 5.82 Å². The van der Waals surface area contributed by atoms with Gasteiger partial charge in [0, 0.05) is 42.3 Å². The maximum absolute atomic E-state index is 14.6. The van der Waals surface area contributed by atoms with Gasteiger partial charge in [-0.2, -0.15) is 14.5 Å². The van der Waals surface area contributed by atoms with Crippen molar-refractivity contribution in [3.05, 3.63) is 72.2 Å². The second kappa shape index (κ2) is 8.93. The van der Waals surface area contributed by atoms with Gasteiger partial charge in [-0.25, -0.2) is 19.3 Å². The molecule has 0 saturated heterocycles. The summed E-state index contributed by atoms with van der Waals surface area (Å²) in [6.07, 6.45) is 7.33. The predicted molar refractivity (Wildman–Crippen MR) is 156 cm³/mol. The van der Waals surface area contributed by atoms with Crippen LogP contribution in [0.3, 0.4) is 0 Å². The summed E-state index contributed by atoms with van der Waals surface area (Å²) in [5.41, 5.74) is 7.33. The fourth-order valence-corrected chi connectivity index (χ4v) is 5.11. The molecule has 0 spiro atoms. The van der Waals surface area contributed by atoms with E-state index in [1.807, 2.05) is 49.2 Å². The van der Waals surface area contributed by atoms with Crippen LogP contribution in [0.5, 0.6) is 0 Å². The van der Waals surface area contributed by atoms with Gasteiger partial charge in [0.2, 0.25) is 0 Å². The molecule has 5 heterocycles. The number of aromatic amines is 2. The highest BCUT2D eigenvalue weighted by Gasteiger charge is 2.17. The van der Waals surface area contributed by atoms with E-state index in [0.29, 0.717) is 17.8 Å². The molecule has 1 aromatic carbocycles. The third-order valence-corrected chi connectivity index (χ3v) is 7.46. The molecule has 0 amide bonds. The third kappa shape index (κ3) is 4.37. The van der Waals surface area contributed by atoms with Gasteiger partial charge < -0.3 is 9.55 Å². The Bertz CT molecular complexity index is 1940. The van der Waals surface area contributed by atoms with Crippen molar-refractivity contribution in [1.82, 2.24) is 39.4 Å². The molecule has 38 heavy (non-hydrogen) atoms. The van der Waals surface area contributed by atoms with Crippen molar-refractivity contribution < 1.29 is 4.39 Å². The van der Waals surface area contributed by atoms with Gasteiger partial charge in [-0.15, -0.1) is 0 Å². The molecule has 0 saturated carbocycles. The number of nitrogens with one attached hydrogen (secondary N) is 3. The first-order valence-corrected chi connectivity index (χ1v) is 14.3. The van der Waals surface area contributed by atoms with Gasteiger partial charge in [-0.3, -0.25) is 9.82 Å². The monoisotopic (exact) mass is 526 g/mol. The number of imidazole rings is 1. The second-order valence-corrected chi connectivity index (χ2v) is 12.5. The molecule has 0 radical (unpaired) electrons. The highest BCUT2D eigenvalue weighted by atomic mass is 32.2. The van der Waals surface area contributed by atoms with E-state index in [9.17, 15) is 4.39 Å². The molecule has 5 aromatic heterocycles. The number of H-pyrrole nitrogens is 2. The molecule has 192 valence electrons. The molecule has 0 bridgehead atoms. The van der Waals surface area contributed by atoms with Gasteiger partial charge in [0.1, 0.15) is 17.3 Å². The summed E-state index contributed by atoms with van der Waals surface area (Å²) >= 11 is 0. The molecule has 0 aliphatic carbocycles. The molecule has 0 aliphatic rings. The van der Waals surface area contributed by atoms with E-state index in [2.05, 4.69) is 52.7 Å². The van der Waals surface area contributed by atoms with Crippen molar-refractivity contribution in [1.29, 1.82) is 0 Å². The lowest BCUT2D eigenvalue weighted by Crippen LogP contribution is -2.08. The minimum absolute atomic E-state index is 0.298. The Morgan fingerprint density at radius 3 is 2.63 bits per heavy atom. The van der Waals surface area contributed by atoms with E-state index in [4.69, 9.17) is 0 Å². The van der Waals surface area contributed by atoms with E-state index >= 15 is 0 Å². The summed E-state index contributed by atoms with van der Waals surface area (Å²) in [6.45, 7) is 2.45. The predicted octanol–water partition coefficient (Wildman–Crippen LogP) is 5.32. The maximum Gasteiger partial charge on any atom is 0.181 e. The Labute approximate surface area is 219 Å². The van der Waals surface area contributed by atoms with Crippen molar-refractivity contribution in [2.45, 2.75) is 13.5 Å². The number of benzene rings is 1. The van der Waals surface area contributed by atoms with E-state index in [1.54, 1.807) is 18.5 Å². The SMILES string of the molecule is C=S(=C)(C)NCc1cc(F)cc(-c2ccnc3[nH]c(-c4[nH]nc5ncc(-c6cnc(C)n6C)cc45)cc23)c1. The standard InChI is InChI=1S/C28H27FN8S/c1-16-31-15-25(37(16)2)19-11-23-26(35-36-28(23)32-14-19)24-12-22-21(6-7-30-27(22)34-24)18-8-17(9-20(29)10-18)13-33-38(3,4)5/h6-12,14-15,33H,3-4,13H2,1-2,5H3,(H,30,34)(H,32,35,36). The number of hydrogen-bond donors (Lipinski definition) is 3. The largest absolute Gasteiger partial charge is 0.338 e. The quantitative estimate of drug-likeness (QED) is 0.255. The Hall–Kier alpha value is -4.28. The lowest BCUT2D eigenvalue weighted by molar-refractivity contribution is 0.625. The molecule has 10 heteroatoms. The average Bonchev–Trinajstić information content (AvgIpc) is 3.58. The van der Waals surface area contributed by atoms with Crippen molar-refractivity contribution in [3.8, 4) is 33.8 Å². The molecular weight excluding hydrogens is 499 g/mol. The summed E-state index contributed by atoms with van der Waals surface area (Å²) in [7, 11) is 0.565. The number of aromatic nitrogens is 7. The van der Waals surface area contributed by atoms with Crippen LogP contribution < -0.4 is 4.72 Å². The molecule has 0 unspecified atom stereocenters. The van der Waals surface area contributed by atoms with Gasteiger partial charge in [0.15, 0.2) is 5.65 Å². The summed E-state index contributed by atoms with van der Waals surface area (Å²) in [5.74, 6) is 8.71. The number of fused-ring (bicyclic) bond motifs is 2. The second-order valence-electron chi connectivity index (χ2n) is 9.69.